The van der Waals surface area contributed by atoms with Crippen LogP contribution in [0.2, 0.25) is 0 Å². The van der Waals surface area contributed by atoms with Crippen LogP contribution < -0.4 is 4.74 Å². The smallest absolute Gasteiger partial charge is 0.252 e. The van der Waals surface area contributed by atoms with E-state index in [-0.39, 0.29) is 0 Å². The van der Waals surface area contributed by atoms with Crippen molar-refractivity contribution in [2.24, 2.45) is 5.41 Å². The normalized spacial score (nSPS) is 12.5. The van der Waals surface area contributed by atoms with Crippen molar-refractivity contribution in [1.82, 2.24) is 4.31 Å². The number of ether oxygens (including phenoxy) is 1. The third-order valence-electron chi connectivity index (χ3n) is 4.44. The summed E-state index contributed by atoms with van der Waals surface area (Å²) in [5.74, 6) is 0.772. The minimum atomic E-state index is -3.47. The number of benzene rings is 1. The molecule has 0 radical (unpaired) electrons. The standard InChI is InChI=1S/C21H31NO3S2/c1-21(2,3)14-6-5-7-15-22(27(23,24)20-9-8-16-26-20)17-18-10-12-19(25-4)13-11-18/h8-13,16H,5-7,14-15,17H2,1-4H3. The molecule has 2 aromatic rings. The lowest BCUT2D eigenvalue weighted by Gasteiger charge is -2.22. The van der Waals surface area contributed by atoms with E-state index in [9.17, 15) is 8.42 Å². The van der Waals surface area contributed by atoms with Crippen molar-refractivity contribution in [3.63, 3.8) is 0 Å². The lowest BCUT2D eigenvalue weighted by molar-refractivity contribution is 0.345. The molecule has 6 heteroatoms. The van der Waals surface area contributed by atoms with Gasteiger partial charge in [0, 0.05) is 13.1 Å². The fraction of sp³-hybridized carbons (Fsp3) is 0.524. The maximum Gasteiger partial charge on any atom is 0.252 e. The van der Waals surface area contributed by atoms with E-state index in [0.717, 1.165) is 37.0 Å². The minimum Gasteiger partial charge on any atom is -0.497 e. The Hall–Kier alpha value is -1.37. The number of nitrogens with zero attached hydrogens (tertiary/aromatic N) is 1. The van der Waals surface area contributed by atoms with E-state index in [1.54, 1.807) is 23.5 Å². The summed E-state index contributed by atoms with van der Waals surface area (Å²) >= 11 is 1.27. The van der Waals surface area contributed by atoms with Gasteiger partial charge in [0.15, 0.2) is 0 Å². The molecule has 4 nitrogen and oxygen atoms in total. The van der Waals surface area contributed by atoms with E-state index < -0.39 is 10.0 Å². The van der Waals surface area contributed by atoms with Crippen molar-refractivity contribution in [2.75, 3.05) is 13.7 Å². The number of unbranched alkanes of at least 4 members (excludes halogenated alkanes) is 2. The monoisotopic (exact) mass is 409 g/mol. The van der Waals surface area contributed by atoms with Gasteiger partial charge in [-0.15, -0.1) is 11.3 Å². The van der Waals surface area contributed by atoms with Crippen LogP contribution in [-0.4, -0.2) is 26.4 Å². The van der Waals surface area contributed by atoms with Crippen LogP contribution >= 0.6 is 11.3 Å². The van der Waals surface area contributed by atoms with E-state index in [2.05, 4.69) is 20.8 Å². The second kappa shape index (κ2) is 9.71. The summed E-state index contributed by atoms with van der Waals surface area (Å²) in [6, 6.07) is 11.1. The minimum absolute atomic E-state index is 0.325. The first-order valence-electron chi connectivity index (χ1n) is 9.39. The van der Waals surface area contributed by atoms with Gasteiger partial charge in [-0.3, -0.25) is 0 Å². The van der Waals surface area contributed by atoms with E-state index in [0.29, 0.717) is 22.7 Å². The van der Waals surface area contributed by atoms with Gasteiger partial charge in [-0.25, -0.2) is 8.42 Å². The predicted octanol–water partition coefficient (Wildman–Crippen LogP) is 5.55. The highest BCUT2D eigenvalue weighted by molar-refractivity contribution is 7.91. The molecular formula is C21H31NO3S2. The molecule has 0 atom stereocenters. The Bertz CT molecular complexity index is 776. The molecule has 0 aliphatic carbocycles. The van der Waals surface area contributed by atoms with E-state index in [1.807, 2.05) is 29.6 Å². The zero-order chi connectivity index (χ0) is 19.9. The molecule has 0 N–H and O–H groups in total. The van der Waals surface area contributed by atoms with Gasteiger partial charge in [0.05, 0.1) is 7.11 Å². The van der Waals surface area contributed by atoms with Gasteiger partial charge in [0.25, 0.3) is 10.0 Å². The molecule has 0 unspecified atom stereocenters. The Kier molecular flexibility index (Phi) is 7.89. The number of rotatable bonds is 10. The highest BCUT2D eigenvalue weighted by Crippen LogP contribution is 2.25. The van der Waals surface area contributed by atoms with Crippen LogP contribution in [0.4, 0.5) is 0 Å². The number of hydrogen-bond donors (Lipinski definition) is 0. The van der Waals surface area contributed by atoms with Crippen molar-refractivity contribution in [2.45, 2.75) is 57.2 Å². The summed E-state index contributed by atoms with van der Waals surface area (Å²) in [4.78, 5) is 0. The second-order valence-corrected chi connectivity index (χ2v) is 11.1. The first-order valence-corrected chi connectivity index (χ1v) is 11.7. The zero-order valence-electron chi connectivity index (χ0n) is 16.8. The van der Waals surface area contributed by atoms with Crippen LogP contribution in [0.5, 0.6) is 5.75 Å². The molecule has 0 fully saturated rings. The molecule has 0 saturated carbocycles. The Morgan fingerprint density at radius 3 is 2.30 bits per heavy atom. The van der Waals surface area contributed by atoms with Gasteiger partial charge in [-0.1, -0.05) is 51.8 Å². The number of sulfonamides is 1. The number of hydrogen-bond acceptors (Lipinski definition) is 4. The Morgan fingerprint density at radius 2 is 1.74 bits per heavy atom. The Morgan fingerprint density at radius 1 is 1.04 bits per heavy atom. The predicted molar refractivity (Wildman–Crippen MR) is 113 cm³/mol. The average molecular weight is 410 g/mol. The van der Waals surface area contributed by atoms with Crippen LogP contribution in [0.3, 0.4) is 0 Å². The van der Waals surface area contributed by atoms with E-state index in [1.165, 1.54) is 11.3 Å². The van der Waals surface area contributed by atoms with Gasteiger partial charge in [0.2, 0.25) is 0 Å². The molecule has 150 valence electrons. The first kappa shape index (κ1) is 21.9. The molecule has 27 heavy (non-hydrogen) atoms. The van der Waals surface area contributed by atoms with Crippen LogP contribution in [-0.2, 0) is 16.6 Å². The molecular weight excluding hydrogens is 378 g/mol. The summed E-state index contributed by atoms with van der Waals surface area (Å²) in [6.45, 7) is 7.64. The van der Waals surface area contributed by atoms with Crippen LogP contribution in [0.25, 0.3) is 0 Å². The first-order chi connectivity index (χ1) is 12.7. The van der Waals surface area contributed by atoms with Gasteiger partial charge in [-0.05, 0) is 47.4 Å². The maximum atomic E-state index is 13.1. The van der Waals surface area contributed by atoms with Crippen molar-refractivity contribution in [1.29, 1.82) is 0 Å². The van der Waals surface area contributed by atoms with Crippen molar-refractivity contribution >= 4 is 21.4 Å². The van der Waals surface area contributed by atoms with E-state index in [4.69, 9.17) is 4.74 Å². The molecule has 0 aliphatic rings. The third-order valence-corrected chi connectivity index (χ3v) is 7.66. The highest BCUT2D eigenvalue weighted by atomic mass is 32.2. The SMILES string of the molecule is COc1ccc(CN(CCCCCC(C)(C)C)S(=O)(=O)c2cccs2)cc1. The van der Waals surface area contributed by atoms with Gasteiger partial charge < -0.3 is 4.74 Å². The highest BCUT2D eigenvalue weighted by Gasteiger charge is 2.25. The summed E-state index contributed by atoms with van der Waals surface area (Å²) < 4.78 is 33.3. The Labute approximate surface area is 168 Å². The fourth-order valence-electron chi connectivity index (χ4n) is 2.88. The molecule has 0 spiro atoms. The molecule has 0 aliphatic heterocycles. The summed E-state index contributed by atoms with van der Waals surface area (Å²) in [6.07, 6.45) is 4.19. The average Bonchev–Trinajstić information content (AvgIpc) is 3.15. The summed E-state index contributed by atoms with van der Waals surface area (Å²) in [5, 5.41) is 1.81. The molecule has 1 aromatic heterocycles. The topological polar surface area (TPSA) is 46.6 Å². The van der Waals surface area contributed by atoms with Crippen LogP contribution in [0.15, 0.2) is 46.0 Å². The molecule has 1 aromatic carbocycles. The van der Waals surface area contributed by atoms with Crippen molar-refractivity contribution in [3.8, 4) is 5.75 Å². The molecule has 0 saturated heterocycles. The van der Waals surface area contributed by atoms with Gasteiger partial charge >= 0.3 is 0 Å². The zero-order valence-corrected chi connectivity index (χ0v) is 18.4. The molecule has 0 amide bonds. The van der Waals surface area contributed by atoms with Crippen LogP contribution in [0.1, 0.15) is 52.0 Å². The van der Waals surface area contributed by atoms with Gasteiger partial charge in [-0.2, -0.15) is 4.31 Å². The Balaban J connectivity index is 2.06. The third kappa shape index (κ3) is 6.94. The lowest BCUT2D eigenvalue weighted by Crippen LogP contribution is -2.31. The fourth-order valence-corrected chi connectivity index (χ4v) is 5.49. The summed E-state index contributed by atoms with van der Waals surface area (Å²) in [5.41, 5.74) is 1.29. The van der Waals surface area contributed by atoms with E-state index >= 15 is 0 Å². The van der Waals surface area contributed by atoms with Crippen molar-refractivity contribution in [3.05, 3.63) is 47.3 Å². The largest absolute Gasteiger partial charge is 0.497 e. The van der Waals surface area contributed by atoms with Crippen molar-refractivity contribution < 1.29 is 13.2 Å². The number of thiophene rings is 1. The molecule has 0 bridgehead atoms. The second-order valence-electron chi connectivity index (χ2n) is 7.99. The quantitative estimate of drug-likeness (QED) is 0.483. The van der Waals surface area contributed by atoms with Gasteiger partial charge in [0.1, 0.15) is 9.96 Å². The lowest BCUT2D eigenvalue weighted by atomic mass is 9.89. The maximum absolute atomic E-state index is 13.1. The molecule has 1 heterocycles. The van der Waals surface area contributed by atoms with Crippen LogP contribution in [0, 0.1) is 5.41 Å². The number of methoxy groups -OCH3 is 1. The molecule has 2 rings (SSSR count). The summed E-state index contributed by atoms with van der Waals surface area (Å²) in [7, 11) is -1.84.